The number of benzene rings is 1. The molecule has 4 rings (SSSR count). The molecule has 1 amide bonds. The topological polar surface area (TPSA) is 76.6 Å². The number of nitrogens with zero attached hydrogens (tertiary/aromatic N) is 3. The minimum Gasteiger partial charge on any atom is -0.472 e. The van der Waals surface area contributed by atoms with E-state index in [2.05, 4.69) is 14.1 Å². The van der Waals surface area contributed by atoms with Gasteiger partial charge in [-0.05, 0) is 36.7 Å². The van der Waals surface area contributed by atoms with Gasteiger partial charge in [-0.3, -0.25) is 4.90 Å². The van der Waals surface area contributed by atoms with Crippen molar-refractivity contribution >= 4 is 29.1 Å². The predicted molar refractivity (Wildman–Crippen MR) is 94.9 cm³/mol. The maximum Gasteiger partial charge on any atom is 0.414 e. The lowest BCUT2D eigenvalue weighted by molar-refractivity contribution is 0.103. The van der Waals surface area contributed by atoms with Crippen LogP contribution in [0.15, 0.2) is 30.5 Å². The second kappa shape index (κ2) is 7.38. The summed E-state index contributed by atoms with van der Waals surface area (Å²) in [5.41, 5.74) is 2.04. The standard InChI is InChI=1S/C17H17FN4O3S/c18-15-7-12(1-2-14(15)11-3-5-19-6-4-11)22-9-13(25-17(22)23)10-24-16-8-20-26-21-16/h1-3,7-8,13,19H,4-6,9-10H2. The molecule has 1 aromatic carbocycles. The van der Waals surface area contributed by atoms with Gasteiger partial charge >= 0.3 is 6.09 Å². The van der Waals surface area contributed by atoms with Crippen LogP contribution in [-0.2, 0) is 4.74 Å². The Kier molecular flexibility index (Phi) is 4.81. The van der Waals surface area contributed by atoms with Gasteiger partial charge in [0, 0.05) is 12.1 Å². The number of hydrogen-bond acceptors (Lipinski definition) is 7. The second-order valence-electron chi connectivity index (χ2n) is 6.02. The van der Waals surface area contributed by atoms with Gasteiger partial charge in [0.25, 0.3) is 0 Å². The van der Waals surface area contributed by atoms with Gasteiger partial charge in [-0.15, -0.1) is 4.37 Å². The van der Waals surface area contributed by atoms with E-state index in [4.69, 9.17) is 9.47 Å². The highest BCUT2D eigenvalue weighted by Gasteiger charge is 2.33. The Hall–Kier alpha value is -2.52. The maximum absolute atomic E-state index is 14.6. The maximum atomic E-state index is 14.6. The van der Waals surface area contributed by atoms with Gasteiger partial charge in [0.2, 0.25) is 5.88 Å². The summed E-state index contributed by atoms with van der Waals surface area (Å²) in [6.45, 7) is 2.04. The Morgan fingerprint density at radius 2 is 2.38 bits per heavy atom. The number of cyclic esters (lactones) is 1. The molecule has 0 saturated carbocycles. The molecule has 0 bridgehead atoms. The summed E-state index contributed by atoms with van der Waals surface area (Å²) in [7, 11) is 0. The van der Waals surface area contributed by atoms with Gasteiger partial charge in [-0.1, -0.05) is 6.08 Å². The quantitative estimate of drug-likeness (QED) is 0.864. The molecule has 26 heavy (non-hydrogen) atoms. The molecular formula is C17H17FN4O3S. The minimum absolute atomic E-state index is 0.175. The van der Waals surface area contributed by atoms with Crippen molar-refractivity contribution in [3.63, 3.8) is 0 Å². The van der Waals surface area contributed by atoms with Crippen molar-refractivity contribution in [2.24, 2.45) is 0 Å². The van der Waals surface area contributed by atoms with Crippen LogP contribution < -0.4 is 15.0 Å². The molecule has 1 fully saturated rings. The first kappa shape index (κ1) is 16.9. The summed E-state index contributed by atoms with van der Waals surface area (Å²) >= 11 is 1.04. The summed E-state index contributed by atoms with van der Waals surface area (Å²) in [5.74, 6) is 0.0619. The zero-order valence-corrected chi connectivity index (χ0v) is 14.7. The lowest BCUT2D eigenvalue weighted by Gasteiger charge is -2.17. The van der Waals surface area contributed by atoms with Crippen molar-refractivity contribution in [3.05, 3.63) is 41.9 Å². The molecular weight excluding hydrogens is 359 g/mol. The van der Waals surface area contributed by atoms with E-state index in [1.54, 1.807) is 12.1 Å². The first-order chi connectivity index (χ1) is 12.7. The zero-order valence-electron chi connectivity index (χ0n) is 13.9. The fourth-order valence-corrected chi connectivity index (χ4v) is 3.38. The van der Waals surface area contributed by atoms with Crippen LogP contribution in [0.25, 0.3) is 5.57 Å². The van der Waals surface area contributed by atoms with Gasteiger partial charge in [0.1, 0.15) is 18.6 Å². The smallest absolute Gasteiger partial charge is 0.414 e. The van der Waals surface area contributed by atoms with Crippen molar-refractivity contribution in [2.45, 2.75) is 12.5 Å². The molecule has 1 saturated heterocycles. The summed E-state index contributed by atoms with van der Waals surface area (Å²) in [6.07, 6.45) is 3.32. The molecule has 1 atom stereocenters. The second-order valence-corrected chi connectivity index (χ2v) is 6.58. The summed E-state index contributed by atoms with van der Waals surface area (Å²) in [4.78, 5) is 13.5. The van der Waals surface area contributed by atoms with E-state index in [1.165, 1.54) is 17.2 Å². The van der Waals surface area contributed by atoms with E-state index in [1.807, 2.05) is 6.08 Å². The van der Waals surface area contributed by atoms with E-state index in [0.717, 1.165) is 36.8 Å². The first-order valence-corrected chi connectivity index (χ1v) is 9.02. The number of carbonyl (C=O) groups is 1. The molecule has 3 heterocycles. The van der Waals surface area contributed by atoms with Crippen LogP contribution in [0.3, 0.4) is 0 Å². The van der Waals surface area contributed by atoms with Crippen LogP contribution >= 0.6 is 11.7 Å². The molecule has 1 N–H and O–H groups in total. The van der Waals surface area contributed by atoms with Crippen LogP contribution in [-0.4, -0.2) is 47.2 Å². The third-order valence-corrected chi connectivity index (χ3v) is 4.77. The van der Waals surface area contributed by atoms with Crippen molar-refractivity contribution in [1.82, 2.24) is 14.1 Å². The zero-order chi connectivity index (χ0) is 17.9. The average molecular weight is 376 g/mol. The van der Waals surface area contributed by atoms with Crippen LogP contribution in [0.4, 0.5) is 14.9 Å². The molecule has 2 aromatic rings. The van der Waals surface area contributed by atoms with E-state index in [9.17, 15) is 9.18 Å². The van der Waals surface area contributed by atoms with E-state index < -0.39 is 12.2 Å². The average Bonchev–Trinajstić information content (AvgIpc) is 3.30. The Labute approximate surface area is 153 Å². The number of carbonyl (C=O) groups excluding carboxylic acids is 1. The Morgan fingerprint density at radius 3 is 3.12 bits per heavy atom. The molecule has 2 aliphatic heterocycles. The first-order valence-electron chi connectivity index (χ1n) is 8.29. The number of rotatable bonds is 5. The summed E-state index contributed by atoms with van der Waals surface area (Å²) in [6, 6.07) is 4.85. The lowest BCUT2D eigenvalue weighted by atomic mass is 9.99. The molecule has 7 nitrogen and oxygen atoms in total. The number of hydrogen-bond donors (Lipinski definition) is 1. The number of nitrogens with one attached hydrogen (secondary N) is 1. The van der Waals surface area contributed by atoms with Crippen LogP contribution in [0.1, 0.15) is 12.0 Å². The normalized spacial score (nSPS) is 20.0. The Bertz CT molecular complexity index is 827. The number of amides is 1. The SMILES string of the molecule is O=C1OC(COc2cnsn2)CN1c1ccc(C2=CCNCC2)c(F)c1. The predicted octanol–water partition coefficient (Wildman–Crippen LogP) is 2.46. The third kappa shape index (κ3) is 3.54. The Morgan fingerprint density at radius 1 is 1.46 bits per heavy atom. The molecule has 0 aliphatic carbocycles. The van der Waals surface area contributed by atoms with Crippen molar-refractivity contribution in [2.75, 3.05) is 31.1 Å². The molecule has 0 radical (unpaired) electrons. The van der Waals surface area contributed by atoms with Crippen molar-refractivity contribution < 1.29 is 18.7 Å². The van der Waals surface area contributed by atoms with Crippen molar-refractivity contribution in [1.29, 1.82) is 0 Å². The molecule has 1 aromatic heterocycles. The van der Waals surface area contributed by atoms with E-state index in [0.29, 0.717) is 23.7 Å². The van der Waals surface area contributed by atoms with Gasteiger partial charge in [0.05, 0.1) is 24.0 Å². The number of aromatic nitrogens is 2. The van der Waals surface area contributed by atoms with Crippen LogP contribution in [0.5, 0.6) is 5.88 Å². The molecule has 1 unspecified atom stereocenters. The lowest BCUT2D eigenvalue weighted by Crippen LogP contribution is -2.26. The number of halogens is 1. The largest absolute Gasteiger partial charge is 0.472 e. The molecule has 136 valence electrons. The molecule has 2 aliphatic rings. The fourth-order valence-electron chi connectivity index (χ4n) is 3.02. The minimum atomic E-state index is -0.511. The van der Waals surface area contributed by atoms with Gasteiger partial charge in [-0.25, -0.2) is 9.18 Å². The summed E-state index contributed by atoms with van der Waals surface area (Å²) < 4.78 is 33.1. The van der Waals surface area contributed by atoms with Gasteiger partial charge < -0.3 is 14.8 Å². The van der Waals surface area contributed by atoms with E-state index >= 15 is 0 Å². The van der Waals surface area contributed by atoms with E-state index in [-0.39, 0.29) is 12.4 Å². The van der Waals surface area contributed by atoms with Crippen LogP contribution in [0.2, 0.25) is 0 Å². The van der Waals surface area contributed by atoms with Crippen molar-refractivity contribution in [3.8, 4) is 5.88 Å². The number of anilines is 1. The molecule has 9 heteroatoms. The van der Waals surface area contributed by atoms with Crippen LogP contribution in [0, 0.1) is 5.82 Å². The number of ether oxygens (including phenoxy) is 2. The van der Waals surface area contributed by atoms with Gasteiger partial charge in [0.15, 0.2) is 6.10 Å². The highest BCUT2D eigenvalue weighted by Crippen LogP contribution is 2.28. The Balaban J connectivity index is 1.44. The van der Waals surface area contributed by atoms with Gasteiger partial charge in [-0.2, -0.15) is 4.37 Å². The third-order valence-electron chi connectivity index (χ3n) is 4.31. The molecule has 0 spiro atoms. The fraction of sp³-hybridized carbons (Fsp3) is 0.353. The highest BCUT2D eigenvalue weighted by molar-refractivity contribution is 6.99. The summed E-state index contributed by atoms with van der Waals surface area (Å²) in [5, 5.41) is 3.20. The highest BCUT2D eigenvalue weighted by atomic mass is 32.1. The monoisotopic (exact) mass is 376 g/mol.